The van der Waals surface area contributed by atoms with E-state index in [9.17, 15) is 19.8 Å². The summed E-state index contributed by atoms with van der Waals surface area (Å²) in [5.41, 5.74) is -0.631. The average Bonchev–Trinajstić information content (AvgIpc) is 2.00. The molecule has 0 aromatic heterocycles. The van der Waals surface area contributed by atoms with E-state index in [0.717, 1.165) is 0 Å². The smallest absolute Gasteiger partial charge is 0.0675 e. The lowest BCUT2D eigenvalue weighted by Crippen LogP contribution is -2.32. The molecular formula is C8H8O4-2. The monoisotopic (exact) mass is 168 g/mol. The van der Waals surface area contributed by atoms with E-state index in [0.29, 0.717) is 0 Å². The lowest BCUT2D eigenvalue weighted by molar-refractivity contribution is -0.300. The van der Waals surface area contributed by atoms with Crippen LogP contribution in [0.25, 0.3) is 0 Å². The van der Waals surface area contributed by atoms with E-state index in [1.54, 1.807) is 0 Å². The molecule has 12 heavy (non-hydrogen) atoms. The summed E-state index contributed by atoms with van der Waals surface area (Å²) in [6.45, 7) is 7.64. The van der Waals surface area contributed by atoms with Gasteiger partial charge in [0.05, 0.1) is 11.9 Å². The van der Waals surface area contributed by atoms with Gasteiger partial charge < -0.3 is 19.8 Å². The topological polar surface area (TPSA) is 80.3 Å². The summed E-state index contributed by atoms with van der Waals surface area (Å²) in [5.74, 6) is -3.82. The highest BCUT2D eigenvalue weighted by Crippen LogP contribution is 2.15. The molecule has 0 radical (unpaired) electrons. The van der Waals surface area contributed by atoms with E-state index >= 15 is 0 Å². The maximum Gasteiger partial charge on any atom is 0.0675 e. The van der Waals surface area contributed by atoms with Gasteiger partial charge in [0.2, 0.25) is 0 Å². The van der Waals surface area contributed by atoms with Gasteiger partial charge in [-0.25, -0.2) is 0 Å². The molecule has 4 heteroatoms. The molecule has 0 amide bonds. The molecule has 0 spiro atoms. The number of carbonyl (C=O) groups is 2. The molecule has 0 heterocycles. The summed E-state index contributed by atoms with van der Waals surface area (Å²) in [7, 11) is 0. The van der Waals surface area contributed by atoms with Crippen LogP contribution in [0.15, 0.2) is 24.3 Å². The third-order valence-electron chi connectivity index (χ3n) is 1.57. The highest BCUT2D eigenvalue weighted by Gasteiger charge is 2.11. The van der Waals surface area contributed by atoms with Crippen LogP contribution in [0.1, 0.15) is 6.92 Å². The van der Waals surface area contributed by atoms with Gasteiger partial charge in [0, 0.05) is 5.92 Å². The van der Waals surface area contributed by atoms with Crippen molar-refractivity contribution in [2.45, 2.75) is 6.92 Å². The summed E-state index contributed by atoms with van der Waals surface area (Å²) in [4.78, 5) is 20.4. The van der Waals surface area contributed by atoms with Crippen LogP contribution < -0.4 is 10.2 Å². The van der Waals surface area contributed by atoms with Crippen molar-refractivity contribution in [3.8, 4) is 0 Å². The quantitative estimate of drug-likeness (QED) is 0.465. The molecule has 0 atom stereocenters. The highest BCUT2D eigenvalue weighted by molar-refractivity contribution is 5.91. The molecule has 0 aliphatic rings. The Balaban J connectivity index is 4.51. The minimum Gasteiger partial charge on any atom is -0.545 e. The third-order valence-corrected chi connectivity index (χ3v) is 1.57. The molecule has 0 aliphatic heterocycles. The van der Waals surface area contributed by atoms with Crippen LogP contribution in [-0.2, 0) is 9.59 Å². The number of hydrogen-bond acceptors (Lipinski definition) is 4. The second-order valence-electron chi connectivity index (χ2n) is 2.35. The van der Waals surface area contributed by atoms with Crippen LogP contribution in [0, 0.1) is 5.92 Å². The first-order valence-electron chi connectivity index (χ1n) is 3.18. The molecule has 0 aromatic rings. The van der Waals surface area contributed by atoms with Gasteiger partial charge in [0.1, 0.15) is 0 Å². The number of aliphatic carboxylic acids is 2. The Kier molecular flexibility index (Phi) is 3.22. The highest BCUT2D eigenvalue weighted by atomic mass is 16.4. The van der Waals surface area contributed by atoms with Crippen LogP contribution in [0.4, 0.5) is 0 Å². The standard InChI is InChI=1S/C8H10O4/c1-4(5(2)7(9)10)6(3)8(11)12/h4H,2-3H2,1H3,(H,9,10)(H,11,12)/p-2. The first kappa shape index (κ1) is 10.4. The van der Waals surface area contributed by atoms with Gasteiger partial charge in [0.25, 0.3) is 0 Å². The van der Waals surface area contributed by atoms with Crippen molar-refractivity contribution < 1.29 is 19.8 Å². The van der Waals surface area contributed by atoms with Gasteiger partial charge in [-0.1, -0.05) is 20.1 Å². The van der Waals surface area contributed by atoms with Gasteiger partial charge in [-0.15, -0.1) is 0 Å². The summed E-state index contributed by atoms with van der Waals surface area (Å²) in [6.07, 6.45) is 0. The molecule has 66 valence electrons. The predicted octanol–water partition coefficient (Wildman–Crippen LogP) is -1.77. The first-order valence-corrected chi connectivity index (χ1v) is 3.18. The number of carbonyl (C=O) groups excluding carboxylic acids is 2. The molecule has 0 saturated heterocycles. The van der Waals surface area contributed by atoms with Crippen LogP contribution in [0.5, 0.6) is 0 Å². The van der Waals surface area contributed by atoms with E-state index in [1.165, 1.54) is 6.92 Å². The molecule has 0 aromatic carbocycles. The fourth-order valence-electron chi connectivity index (χ4n) is 0.564. The van der Waals surface area contributed by atoms with Gasteiger partial charge in [-0.3, -0.25) is 0 Å². The molecule has 4 nitrogen and oxygen atoms in total. The zero-order valence-electron chi connectivity index (χ0n) is 6.62. The maximum absolute atomic E-state index is 10.2. The van der Waals surface area contributed by atoms with Crippen LogP contribution in [-0.4, -0.2) is 11.9 Å². The Morgan fingerprint density at radius 3 is 1.50 bits per heavy atom. The molecule has 0 N–H and O–H groups in total. The fourth-order valence-corrected chi connectivity index (χ4v) is 0.564. The lowest BCUT2D eigenvalue weighted by atomic mass is 9.95. The second kappa shape index (κ2) is 3.71. The molecule has 0 rings (SSSR count). The summed E-state index contributed by atoms with van der Waals surface area (Å²) < 4.78 is 0. The molecule has 0 saturated carbocycles. The SMILES string of the molecule is C=C(C(=O)[O-])C(C)C(=C)C(=O)[O-]. The van der Waals surface area contributed by atoms with Crippen molar-refractivity contribution >= 4 is 11.9 Å². The van der Waals surface area contributed by atoms with Crippen LogP contribution >= 0.6 is 0 Å². The minimum absolute atomic E-state index is 0.316. The van der Waals surface area contributed by atoms with Crippen molar-refractivity contribution in [2.75, 3.05) is 0 Å². The number of carboxylic acids is 2. The summed E-state index contributed by atoms with van der Waals surface area (Å²) in [6, 6.07) is 0. The number of rotatable bonds is 4. The number of hydrogen-bond donors (Lipinski definition) is 0. The lowest BCUT2D eigenvalue weighted by Gasteiger charge is -2.18. The van der Waals surface area contributed by atoms with E-state index in [-0.39, 0.29) is 11.1 Å². The largest absolute Gasteiger partial charge is 0.545 e. The Labute approximate surface area is 69.8 Å². The van der Waals surface area contributed by atoms with Crippen molar-refractivity contribution in [3.63, 3.8) is 0 Å². The Morgan fingerprint density at radius 1 is 1.08 bits per heavy atom. The Morgan fingerprint density at radius 2 is 1.33 bits per heavy atom. The predicted molar refractivity (Wildman–Crippen MR) is 37.5 cm³/mol. The zero-order chi connectivity index (χ0) is 9.89. The summed E-state index contributed by atoms with van der Waals surface area (Å²) in [5, 5.41) is 20.4. The third kappa shape index (κ3) is 2.23. The Hall–Kier alpha value is -1.58. The molecule has 0 unspecified atom stereocenters. The molecule has 0 aliphatic carbocycles. The van der Waals surface area contributed by atoms with Crippen LogP contribution in [0.3, 0.4) is 0 Å². The van der Waals surface area contributed by atoms with Crippen molar-refractivity contribution in [1.29, 1.82) is 0 Å². The Bertz CT molecular complexity index is 226. The maximum atomic E-state index is 10.2. The van der Waals surface area contributed by atoms with E-state index < -0.39 is 17.9 Å². The van der Waals surface area contributed by atoms with Crippen molar-refractivity contribution in [1.82, 2.24) is 0 Å². The van der Waals surface area contributed by atoms with E-state index in [2.05, 4.69) is 13.2 Å². The average molecular weight is 168 g/mol. The zero-order valence-corrected chi connectivity index (χ0v) is 6.62. The molecule has 0 bridgehead atoms. The van der Waals surface area contributed by atoms with E-state index in [1.807, 2.05) is 0 Å². The normalized spacial score (nSPS) is 9.50. The van der Waals surface area contributed by atoms with Gasteiger partial charge in [-0.05, 0) is 11.1 Å². The fraction of sp³-hybridized carbons (Fsp3) is 0.250. The summed E-state index contributed by atoms with van der Waals surface area (Å²) >= 11 is 0. The number of carboxylic acid groups (broad SMARTS) is 2. The van der Waals surface area contributed by atoms with Crippen molar-refractivity contribution in [2.24, 2.45) is 5.92 Å². The van der Waals surface area contributed by atoms with E-state index in [4.69, 9.17) is 0 Å². The van der Waals surface area contributed by atoms with Gasteiger partial charge in [-0.2, -0.15) is 0 Å². The second-order valence-corrected chi connectivity index (χ2v) is 2.35. The first-order chi connectivity index (χ1) is 5.37. The molecular weight excluding hydrogens is 160 g/mol. The van der Waals surface area contributed by atoms with Gasteiger partial charge >= 0.3 is 0 Å². The van der Waals surface area contributed by atoms with Crippen molar-refractivity contribution in [3.05, 3.63) is 24.3 Å². The molecule has 0 fully saturated rings. The minimum atomic E-state index is -1.48. The van der Waals surface area contributed by atoms with Gasteiger partial charge in [0.15, 0.2) is 0 Å². The van der Waals surface area contributed by atoms with Crippen LogP contribution in [0.2, 0.25) is 0 Å².